The van der Waals surface area contributed by atoms with Crippen LogP contribution in [0.4, 0.5) is 11.4 Å². The number of halogens is 1. The van der Waals surface area contributed by atoms with Gasteiger partial charge in [-0.2, -0.15) is 0 Å². The van der Waals surface area contributed by atoms with Crippen LogP contribution in [0.25, 0.3) is 0 Å². The molecule has 2 aromatic rings. The Hall–Kier alpha value is -2.67. The van der Waals surface area contributed by atoms with Gasteiger partial charge in [0, 0.05) is 28.7 Å². The maximum atomic E-state index is 12.0. The van der Waals surface area contributed by atoms with Gasteiger partial charge >= 0.3 is 5.97 Å². The lowest BCUT2D eigenvalue weighted by atomic mass is 10.1. The molecule has 148 valence electrons. The van der Waals surface area contributed by atoms with E-state index in [-0.39, 0.29) is 25.4 Å². The molecule has 2 aromatic carbocycles. The molecule has 0 aliphatic carbocycles. The van der Waals surface area contributed by atoms with Crippen molar-refractivity contribution < 1.29 is 19.1 Å². The number of para-hydroxylation sites is 1. The van der Waals surface area contributed by atoms with E-state index >= 15 is 0 Å². The molecule has 0 bridgehead atoms. The van der Waals surface area contributed by atoms with Crippen LogP contribution in [0.1, 0.15) is 30.4 Å². The topological polar surface area (TPSA) is 84.5 Å². The van der Waals surface area contributed by atoms with Crippen LogP contribution in [-0.4, -0.2) is 24.4 Å². The summed E-state index contributed by atoms with van der Waals surface area (Å²) in [5.41, 5.74) is 3.31. The Bertz CT molecular complexity index is 830. The Balaban J connectivity index is 1.66. The van der Waals surface area contributed by atoms with E-state index in [1.807, 2.05) is 44.2 Å². The van der Waals surface area contributed by atoms with Crippen molar-refractivity contribution in [1.82, 2.24) is 0 Å². The second-order valence-electron chi connectivity index (χ2n) is 6.38. The molecule has 0 saturated carbocycles. The average molecular weight is 447 g/mol. The Morgan fingerprint density at radius 3 is 2.18 bits per heavy atom. The maximum absolute atomic E-state index is 12.0. The molecule has 7 heteroatoms. The smallest absolute Gasteiger partial charge is 0.306 e. The number of amides is 2. The minimum atomic E-state index is -0.506. The molecule has 0 heterocycles. The molecule has 2 rings (SSSR count). The molecule has 2 amide bonds. The molecule has 0 aliphatic rings. The van der Waals surface area contributed by atoms with E-state index in [1.54, 1.807) is 12.1 Å². The third kappa shape index (κ3) is 7.15. The minimum Gasteiger partial charge on any atom is -0.456 e. The van der Waals surface area contributed by atoms with Crippen molar-refractivity contribution >= 4 is 45.1 Å². The van der Waals surface area contributed by atoms with Crippen molar-refractivity contribution in [2.24, 2.45) is 0 Å². The molecular formula is C21H23BrN2O4. The normalized spacial score (nSPS) is 10.2. The van der Waals surface area contributed by atoms with Crippen LogP contribution >= 0.6 is 15.9 Å². The van der Waals surface area contributed by atoms with Gasteiger partial charge in [0.2, 0.25) is 5.91 Å². The zero-order valence-electron chi connectivity index (χ0n) is 15.9. The highest BCUT2D eigenvalue weighted by atomic mass is 79.9. The number of benzene rings is 2. The highest BCUT2D eigenvalue weighted by Crippen LogP contribution is 2.19. The van der Waals surface area contributed by atoms with Crippen molar-refractivity contribution in [2.75, 3.05) is 17.2 Å². The van der Waals surface area contributed by atoms with Crippen molar-refractivity contribution in [3.8, 4) is 0 Å². The average Bonchev–Trinajstić information content (AvgIpc) is 2.65. The zero-order chi connectivity index (χ0) is 20.5. The van der Waals surface area contributed by atoms with Gasteiger partial charge in [0.15, 0.2) is 6.61 Å². The zero-order valence-corrected chi connectivity index (χ0v) is 17.5. The van der Waals surface area contributed by atoms with E-state index < -0.39 is 11.9 Å². The fraction of sp³-hybridized carbons (Fsp3) is 0.286. The quantitative estimate of drug-likeness (QED) is 0.590. The lowest BCUT2D eigenvalue weighted by molar-refractivity contribution is -0.147. The number of esters is 1. The summed E-state index contributed by atoms with van der Waals surface area (Å²) >= 11 is 3.33. The van der Waals surface area contributed by atoms with Gasteiger partial charge < -0.3 is 15.4 Å². The lowest BCUT2D eigenvalue weighted by Gasteiger charge is -2.11. The summed E-state index contributed by atoms with van der Waals surface area (Å²) in [6, 6.07) is 12.9. The number of carbonyl (C=O) groups excluding carboxylic acids is 3. The third-order valence-electron chi connectivity index (χ3n) is 4.02. The second kappa shape index (κ2) is 10.6. The summed E-state index contributed by atoms with van der Waals surface area (Å²) in [7, 11) is 0. The van der Waals surface area contributed by atoms with Crippen LogP contribution in [0, 0.1) is 13.8 Å². The summed E-state index contributed by atoms with van der Waals surface area (Å²) in [5, 5.41) is 5.51. The van der Waals surface area contributed by atoms with E-state index in [2.05, 4.69) is 26.6 Å². The first-order chi connectivity index (χ1) is 13.3. The molecule has 28 heavy (non-hydrogen) atoms. The summed E-state index contributed by atoms with van der Waals surface area (Å²) < 4.78 is 5.91. The number of ether oxygens (including phenoxy) is 1. The SMILES string of the molecule is Cc1cccc(C)c1NC(=O)COC(=O)CCCC(=O)Nc1ccc(Br)cc1. The fourth-order valence-corrected chi connectivity index (χ4v) is 2.82. The molecule has 2 N–H and O–H groups in total. The number of hydrogen-bond acceptors (Lipinski definition) is 4. The van der Waals surface area contributed by atoms with Crippen LogP contribution in [0.3, 0.4) is 0 Å². The largest absolute Gasteiger partial charge is 0.456 e. The third-order valence-corrected chi connectivity index (χ3v) is 4.55. The second-order valence-corrected chi connectivity index (χ2v) is 7.30. The molecule has 0 unspecified atom stereocenters. The molecule has 0 saturated heterocycles. The summed E-state index contributed by atoms with van der Waals surface area (Å²) in [6.07, 6.45) is 0.615. The monoisotopic (exact) mass is 446 g/mol. The first-order valence-corrected chi connectivity index (χ1v) is 9.71. The van der Waals surface area contributed by atoms with E-state index in [0.717, 1.165) is 21.3 Å². The Morgan fingerprint density at radius 1 is 0.893 bits per heavy atom. The van der Waals surface area contributed by atoms with Crippen molar-refractivity contribution in [1.29, 1.82) is 0 Å². The van der Waals surface area contributed by atoms with Crippen LogP contribution in [0.5, 0.6) is 0 Å². The molecule has 0 spiro atoms. The summed E-state index contributed by atoms with van der Waals surface area (Å²) in [4.78, 5) is 35.6. The molecule has 6 nitrogen and oxygen atoms in total. The van der Waals surface area contributed by atoms with Gasteiger partial charge in [-0.1, -0.05) is 34.1 Å². The highest BCUT2D eigenvalue weighted by Gasteiger charge is 2.11. The van der Waals surface area contributed by atoms with Crippen molar-refractivity contribution in [3.05, 3.63) is 58.1 Å². The summed E-state index contributed by atoms with van der Waals surface area (Å²) in [6.45, 7) is 3.44. The predicted octanol–water partition coefficient (Wildman–Crippen LogP) is 4.36. The van der Waals surface area contributed by atoms with E-state index in [9.17, 15) is 14.4 Å². The first kappa shape index (κ1) is 21.6. The van der Waals surface area contributed by atoms with Gasteiger partial charge in [-0.3, -0.25) is 14.4 Å². The van der Waals surface area contributed by atoms with E-state index in [4.69, 9.17) is 4.74 Å². The minimum absolute atomic E-state index is 0.0738. The molecule has 0 radical (unpaired) electrons. The number of carbonyl (C=O) groups is 3. The van der Waals surface area contributed by atoms with E-state index in [1.165, 1.54) is 0 Å². The fourth-order valence-electron chi connectivity index (χ4n) is 2.56. The van der Waals surface area contributed by atoms with Gasteiger partial charge in [-0.15, -0.1) is 0 Å². The first-order valence-electron chi connectivity index (χ1n) is 8.92. The van der Waals surface area contributed by atoms with E-state index in [0.29, 0.717) is 12.1 Å². The maximum Gasteiger partial charge on any atom is 0.306 e. The van der Waals surface area contributed by atoms with Crippen LogP contribution in [0.15, 0.2) is 46.9 Å². The number of hydrogen-bond donors (Lipinski definition) is 2. The van der Waals surface area contributed by atoms with Gasteiger partial charge in [0.25, 0.3) is 5.91 Å². The molecule has 0 atom stereocenters. The molecule has 0 fully saturated rings. The van der Waals surface area contributed by atoms with Crippen LogP contribution in [-0.2, 0) is 19.1 Å². The summed E-state index contributed by atoms with van der Waals surface area (Å²) in [5.74, 6) is -1.07. The van der Waals surface area contributed by atoms with Gasteiger partial charge in [-0.05, 0) is 55.7 Å². The number of aryl methyl sites for hydroxylation is 2. The lowest BCUT2D eigenvalue weighted by Crippen LogP contribution is -2.22. The standard InChI is InChI=1S/C21H23BrN2O4/c1-14-5-3-6-15(2)21(14)24-19(26)13-28-20(27)8-4-7-18(25)23-17-11-9-16(22)10-12-17/h3,5-6,9-12H,4,7-8,13H2,1-2H3,(H,23,25)(H,24,26). The number of anilines is 2. The Labute approximate surface area is 172 Å². The van der Waals surface area contributed by atoms with Crippen molar-refractivity contribution in [3.63, 3.8) is 0 Å². The highest BCUT2D eigenvalue weighted by molar-refractivity contribution is 9.10. The predicted molar refractivity (Wildman–Crippen MR) is 112 cm³/mol. The molecular weight excluding hydrogens is 424 g/mol. The van der Waals surface area contributed by atoms with Gasteiger partial charge in [0.05, 0.1) is 0 Å². The van der Waals surface area contributed by atoms with Crippen LogP contribution < -0.4 is 10.6 Å². The number of nitrogens with one attached hydrogen (secondary N) is 2. The van der Waals surface area contributed by atoms with Gasteiger partial charge in [0.1, 0.15) is 0 Å². The molecule has 0 aromatic heterocycles. The van der Waals surface area contributed by atoms with Crippen LogP contribution in [0.2, 0.25) is 0 Å². The number of rotatable bonds is 8. The molecule has 0 aliphatic heterocycles. The van der Waals surface area contributed by atoms with Crippen molar-refractivity contribution in [2.45, 2.75) is 33.1 Å². The van der Waals surface area contributed by atoms with Gasteiger partial charge in [-0.25, -0.2) is 0 Å². The Kier molecular flexibility index (Phi) is 8.19. The Morgan fingerprint density at radius 2 is 1.54 bits per heavy atom.